The summed E-state index contributed by atoms with van der Waals surface area (Å²) in [7, 11) is 0. The summed E-state index contributed by atoms with van der Waals surface area (Å²) in [6, 6.07) is 43.4. The molecule has 4 heterocycles. The lowest BCUT2D eigenvalue weighted by Gasteiger charge is -2.14. The molecule has 47 heavy (non-hydrogen) atoms. The Kier molecular flexibility index (Phi) is 6.31. The molecule has 7 nitrogen and oxygen atoms in total. The first kappa shape index (κ1) is 26.8. The zero-order chi connectivity index (χ0) is 31.2. The normalized spacial score (nSPS) is 11.4. The maximum atomic E-state index is 5.36. The summed E-state index contributed by atoms with van der Waals surface area (Å²) in [6.07, 6.45) is 7.01. The minimum Gasteiger partial charge on any atom is -0.292 e. The fourth-order valence-corrected chi connectivity index (χ4v) is 6.28. The summed E-state index contributed by atoms with van der Waals surface area (Å²) in [4.78, 5) is 28.7. The molecule has 0 bridgehead atoms. The van der Waals surface area contributed by atoms with E-state index in [9.17, 15) is 0 Å². The van der Waals surface area contributed by atoms with Crippen molar-refractivity contribution < 1.29 is 0 Å². The van der Waals surface area contributed by atoms with E-state index in [1.54, 1.807) is 24.8 Å². The van der Waals surface area contributed by atoms with Gasteiger partial charge in [0.15, 0.2) is 17.5 Å². The smallest absolute Gasteiger partial charge is 0.165 e. The van der Waals surface area contributed by atoms with Crippen LogP contribution >= 0.6 is 0 Å². The van der Waals surface area contributed by atoms with E-state index in [2.05, 4.69) is 99.5 Å². The van der Waals surface area contributed by atoms with Gasteiger partial charge in [0.2, 0.25) is 0 Å². The lowest BCUT2D eigenvalue weighted by Crippen LogP contribution is -2.02. The van der Waals surface area contributed by atoms with Crippen molar-refractivity contribution in [3.8, 4) is 51.2 Å². The Bertz CT molecular complexity index is 2510. The van der Waals surface area contributed by atoms with Crippen molar-refractivity contribution in [2.75, 3.05) is 0 Å². The molecular weight excluding hydrogens is 578 g/mol. The predicted octanol–water partition coefficient (Wildman–Crippen LogP) is 8.97. The molecule has 4 aromatic heterocycles. The van der Waals surface area contributed by atoms with E-state index in [0.717, 1.165) is 55.6 Å². The Balaban J connectivity index is 1.32. The van der Waals surface area contributed by atoms with Gasteiger partial charge in [-0.2, -0.15) is 0 Å². The fourth-order valence-electron chi connectivity index (χ4n) is 6.28. The van der Waals surface area contributed by atoms with E-state index in [1.165, 1.54) is 10.8 Å². The number of aromatic nitrogens is 7. The van der Waals surface area contributed by atoms with Crippen LogP contribution in [0.15, 0.2) is 152 Å². The molecule has 0 amide bonds. The maximum absolute atomic E-state index is 5.36. The first-order chi connectivity index (χ1) is 23.3. The van der Waals surface area contributed by atoms with Gasteiger partial charge in [0.05, 0.1) is 11.0 Å². The van der Waals surface area contributed by atoms with Crippen LogP contribution in [0.5, 0.6) is 0 Å². The highest BCUT2D eigenvalue weighted by molar-refractivity contribution is 6.24. The molecule has 9 aromatic rings. The second-order valence-corrected chi connectivity index (χ2v) is 11.3. The average molecular weight is 604 g/mol. The molecule has 0 aliphatic carbocycles. The van der Waals surface area contributed by atoms with E-state index < -0.39 is 0 Å². The molecule has 5 aromatic carbocycles. The number of fused-ring (bicyclic) bond motifs is 6. The fraction of sp³-hybridized carbons (Fsp3) is 0. The zero-order valence-corrected chi connectivity index (χ0v) is 25.1. The molecule has 0 saturated heterocycles. The first-order valence-corrected chi connectivity index (χ1v) is 15.4. The molecule has 0 radical (unpaired) electrons. The summed E-state index contributed by atoms with van der Waals surface area (Å²) in [5, 5.41) is 4.63. The third-order valence-corrected chi connectivity index (χ3v) is 8.40. The number of benzene rings is 5. The average Bonchev–Trinajstić information content (AvgIpc) is 3.57. The standard InChI is InChI=1S/C40H25N7/c1-2-11-26(12-3-1)40-43-35-33-19-6-4-17-31(33)32-18-5-7-20-34(32)36(35)47(40)30-16-8-13-27(23-30)37-44-38(28-14-9-21-41-24-28)46-39(45-37)29-15-10-22-42-25-29/h1-25H. The molecular formula is C40H25N7. The van der Waals surface area contributed by atoms with Crippen molar-refractivity contribution in [3.05, 3.63) is 152 Å². The molecule has 0 saturated carbocycles. The largest absolute Gasteiger partial charge is 0.292 e. The highest BCUT2D eigenvalue weighted by Gasteiger charge is 2.21. The van der Waals surface area contributed by atoms with Gasteiger partial charge in [0, 0.05) is 63.5 Å². The van der Waals surface area contributed by atoms with Gasteiger partial charge in [-0.05, 0) is 47.2 Å². The summed E-state index contributed by atoms with van der Waals surface area (Å²) >= 11 is 0. The van der Waals surface area contributed by atoms with Gasteiger partial charge in [-0.15, -0.1) is 0 Å². The van der Waals surface area contributed by atoms with Crippen LogP contribution in [0, 0.1) is 0 Å². The lowest BCUT2D eigenvalue weighted by molar-refractivity contribution is 1.06. The van der Waals surface area contributed by atoms with Crippen molar-refractivity contribution in [2.24, 2.45) is 0 Å². The quantitative estimate of drug-likeness (QED) is 0.183. The number of imidazole rings is 1. The van der Waals surface area contributed by atoms with Crippen LogP contribution in [-0.2, 0) is 0 Å². The van der Waals surface area contributed by atoms with Gasteiger partial charge in [-0.25, -0.2) is 19.9 Å². The molecule has 0 unspecified atom stereocenters. The summed E-state index contributed by atoms with van der Waals surface area (Å²) in [5.74, 6) is 2.51. The monoisotopic (exact) mass is 603 g/mol. The minimum atomic E-state index is 0.544. The van der Waals surface area contributed by atoms with E-state index in [1.807, 2.05) is 42.5 Å². The molecule has 220 valence electrons. The summed E-state index contributed by atoms with van der Waals surface area (Å²) in [5.41, 5.74) is 6.46. The van der Waals surface area contributed by atoms with E-state index in [4.69, 9.17) is 19.9 Å². The van der Waals surface area contributed by atoms with Gasteiger partial charge >= 0.3 is 0 Å². The number of rotatable bonds is 5. The second kappa shape index (κ2) is 11.1. The van der Waals surface area contributed by atoms with Gasteiger partial charge < -0.3 is 0 Å². The van der Waals surface area contributed by atoms with Crippen LogP contribution in [-0.4, -0.2) is 34.5 Å². The third kappa shape index (κ3) is 4.60. The van der Waals surface area contributed by atoms with Crippen molar-refractivity contribution in [3.63, 3.8) is 0 Å². The van der Waals surface area contributed by atoms with Crippen molar-refractivity contribution >= 4 is 32.6 Å². The zero-order valence-electron chi connectivity index (χ0n) is 25.1. The lowest BCUT2D eigenvalue weighted by atomic mass is 10.00. The van der Waals surface area contributed by atoms with Crippen LogP contribution in [0.4, 0.5) is 0 Å². The Morgan fingerprint density at radius 2 is 0.936 bits per heavy atom. The Labute approximate surface area is 269 Å². The first-order valence-electron chi connectivity index (χ1n) is 15.4. The molecule has 0 aliphatic heterocycles. The van der Waals surface area contributed by atoms with E-state index in [0.29, 0.717) is 17.5 Å². The number of hydrogen-bond donors (Lipinski definition) is 0. The maximum Gasteiger partial charge on any atom is 0.165 e. The summed E-state index contributed by atoms with van der Waals surface area (Å²) < 4.78 is 2.27. The SMILES string of the molecule is c1ccc(-c2nc3c4ccccc4c4ccccc4c3n2-c2cccc(-c3nc(-c4cccnc4)nc(-c4cccnc4)n3)c2)cc1. The molecule has 0 fully saturated rings. The highest BCUT2D eigenvalue weighted by Crippen LogP contribution is 2.39. The van der Waals surface area contributed by atoms with E-state index >= 15 is 0 Å². The van der Waals surface area contributed by atoms with Crippen LogP contribution in [0.1, 0.15) is 0 Å². The molecule has 0 N–H and O–H groups in total. The predicted molar refractivity (Wildman–Crippen MR) is 187 cm³/mol. The Morgan fingerprint density at radius 1 is 0.404 bits per heavy atom. The van der Waals surface area contributed by atoms with Crippen LogP contribution in [0.25, 0.3) is 83.8 Å². The summed E-state index contributed by atoms with van der Waals surface area (Å²) in [6.45, 7) is 0. The van der Waals surface area contributed by atoms with Crippen molar-refractivity contribution in [1.29, 1.82) is 0 Å². The van der Waals surface area contributed by atoms with E-state index in [-0.39, 0.29) is 0 Å². The topological polar surface area (TPSA) is 82.3 Å². The minimum absolute atomic E-state index is 0.544. The van der Waals surface area contributed by atoms with Crippen LogP contribution in [0.3, 0.4) is 0 Å². The van der Waals surface area contributed by atoms with Gasteiger partial charge in [0.25, 0.3) is 0 Å². The van der Waals surface area contributed by atoms with Crippen LogP contribution in [0.2, 0.25) is 0 Å². The van der Waals surface area contributed by atoms with Crippen molar-refractivity contribution in [1.82, 2.24) is 34.5 Å². The molecule has 0 aliphatic rings. The molecule has 7 heteroatoms. The van der Waals surface area contributed by atoms with Crippen molar-refractivity contribution in [2.45, 2.75) is 0 Å². The Morgan fingerprint density at radius 3 is 1.57 bits per heavy atom. The molecule has 0 atom stereocenters. The van der Waals surface area contributed by atoms with Gasteiger partial charge in [0.1, 0.15) is 5.82 Å². The van der Waals surface area contributed by atoms with Crippen LogP contribution < -0.4 is 0 Å². The van der Waals surface area contributed by atoms with Gasteiger partial charge in [-0.3, -0.25) is 14.5 Å². The third-order valence-electron chi connectivity index (χ3n) is 8.40. The van der Waals surface area contributed by atoms with Gasteiger partial charge in [-0.1, -0.05) is 91.0 Å². The molecule has 9 rings (SSSR count). The molecule has 0 spiro atoms. The highest BCUT2D eigenvalue weighted by atomic mass is 15.1. The number of hydrogen-bond acceptors (Lipinski definition) is 6. The Hall–Kier alpha value is -6.60. The number of nitrogens with zero attached hydrogens (tertiary/aromatic N) is 7. The number of pyridine rings is 2. The second-order valence-electron chi connectivity index (χ2n) is 11.3.